The number of ether oxygens (including phenoxy) is 3. The topological polar surface area (TPSA) is 121 Å². The third-order valence-corrected chi connectivity index (χ3v) is 9.80. The van der Waals surface area contributed by atoms with Gasteiger partial charge >= 0.3 is 12.5 Å². The normalized spacial score (nSPS) is 18.3. The van der Waals surface area contributed by atoms with Gasteiger partial charge in [0.2, 0.25) is 5.91 Å². The number of aromatic nitrogens is 2. The first-order chi connectivity index (χ1) is 25.5. The molecule has 1 aromatic heterocycles. The Labute approximate surface area is 313 Å². The lowest BCUT2D eigenvalue weighted by Crippen LogP contribution is -2.57. The van der Waals surface area contributed by atoms with E-state index in [2.05, 4.69) is 19.8 Å². The third-order valence-electron chi connectivity index (χ3n) is 9.80. The number of aromatic amines is 1. The van der Waals surface area contributed by atoms with Gasteiger partial charge in [-0.05, 0) is 84.1 Å². The minimum atomic E-state index is -4.90. The number of carbonyl (C=O) groups is 3. The molecule has 3 fully saturated rings. The summed E-state index contributed by atoms with van der Waals surface area (Å²) in [7, 11) is 0. The number of H-pyrrole nitrogens is 1. The van der Waals surface area contributed by atoms with Gasteiger partial charge in [-0.3, -0.25) is 14.7 Å². The first-order valence-corrected chi connectivity index (χ1v) is 18.5. The standard InChI is InChI=1S/C39H49F3N6O6/c1-37(2,3)54-36(51)46-18-16-45(17-19-46)35(50)38(4,5)52-32-10-6-9-31(21-32)47-15-7-8-28(24-47)34(49)48(30-13-14-30)25-27-12-11-26(29-22-43-44-23-29)20-33(27)53-39(40,41)42/h6,9-12,20-23,28,30H,7-8,13-19,24-25H2,1-5H3,(H,43,44)/t28-/m1/s1. The van der Waals surface area contributed by atoms with E-state index in [1.54, 1.807) is 52.9 Å². The molecule has 1 aliphatic carbocycles. The molecule has 0 bridgehead atoms. The molecule has 1 atom stereocenters. The van der Waals surface area contributed by atoms with Crippen LogP contribution in [-0.4, -0.2) is 106 Å². The van der Waals surface area contributed by atoms with Crippen LogP contribution in [0, 0.1) is 5.92 Å². The smallest absolute Gasteiger partial charge is 0.478 e. The van der Waals surface area contributed by atoms with Gasteiger partial charge in [-0.25, -0.2) is 4.79 Å². The maximum Gasteiger partial charge on any atom is 0.573 e. The number of alkyl halides is 3. The van der Waals surface area contributed by atoms with Crippen LogP contribution in [0.15, 0.2) is 54.9 Å². The minimum absolute atomic E-state index is 0.000428. The molecule has 0 radical (unpaired) electrons. The number of amides is 3. The second-order valence-corrected chi connectivity index (χ2v) is 15.7. The highest BCUT2D eigenvalue weighted by atomic mass is 19.4. The number of hydrogen-bond acceptors (Lipinski definition) is 8. The summed E-state index contributed by atoms with van der Waals surface area (Å²) in [6.45, 7) is 11.5. The monoisotopic (exact) mass is 754 g/mol. The highest BCUT2D eigenvalue weighted by molar-refractivity contribution is 5.85. The van der Waals surface area contributed by atoms with Gasteiger partial charge in [-0.1, -0.05) is 18.2 Å². The van der Waals surface area contributed by atoms with Crippen molar-refractivity contribution < 1.29 is 41.8 Å². The number of benzene rings is 2. The molecule has 3 heterocycles. The maximum absolute atomic E-state index is 14.1. The fraction of sp³-hybridized carbons (Fsp3) is 0.538. The van der Waals surface area contributed by atoms with Crippen molar-refractivity contribution in [2.24, 2.45) is 5.92 Å². The Morgan fingerprint density at radius 2 is 1.61 bits per heavy atom. The largest absolute Gasteiger partial charge is 0.573 e. The molecule has 54 heavy (non-hydrogen) atoms. The molecule has 292 valence electrons. The van der Waals surface area contributed by atoms with E-state index in [1.165, 1.54) is 12.3 Å². The first-order valence-electron chi connectivity index (χ1n) is 18.5. The SMILES string of the molecule is CC(C)(C)OC(=O)N1CCN(C(=O)C(C)(C)Oc2cccc(N3CCC[C@@H](C(=O)N(Cc4ccc(-c5cn[nH]c5)cc4OC(F)(F)F)C4CC4)C3)c2)CC1. The van der Waals surface area contributed by atoms with Crippen molar-refractivity contribution in [3.8, 4) is 22.6 Å². The van der Waals surface area contributed by atoms with Crippen LogP contribution in [0.5, 0.6) is 11.5 Å². The number of piperazine rings is 1. The van der Waals surface area contributed by atoms with Gasteiger partial charge in [0.25, 0.3) is 5.91 Å². The van der Waals surface area contributed by atoms with Crippen molar-refractivity contribution in [1.29, 1.82) is 0 Å². The Morgan fingerprint density at radius 3 is 2.26 bits per heavy atom. The van der Waals surface area contributed by atoms with Crippen molar-refractivity contribution >= 4 is 23.6 Å². The average Bonchev–Trinajstić information content (AvgIpc) is 3.81. The molecular weight excluding hydrogens is 705 g/mol. The molecule has 6 rings (SSSR count). The number of anilines is 1. The number of halogens is 3. The Kier molecular flexibility index (Phi) is 11.1. The van der Waals surface area contributed by atoms with Crippen molar-refractivity contribution in [2.75, 3.05) is 44.2 Å². The lowest BCUT2D eigenvalue weighted by molar-refractivity contribution is -0.275. The Bertz CT molecular complexity index is 1800. The Balaban J connectivity index is 1.10. The average molecular weight is 755 g/mol. The van der Waals surface area contributed by atoms with Gasteiger partial charge in [0.1, 0.15) is 17.1 Å². The zero-order valence-electron chi connectivity index (χ0n) is 31.4. The predicted octanol–water partition coefficient (Wildman–Crippen LogP) is 6.62. The summed E-state index contributed by atoms with van der Waals surface area (Å²) in [6, 6.07) is 12.0. The third kappa shape index (κ3) is 9.77. The summed E-state index contributed by atoms with van der Waals surface area (Å²) in [5, 5.41) is 6.55. The van der Waals surface area contributed by atoms with E-state index in [4.69, 9.17) is 9.47 Å². The maximum atomic E-state index is 14.1. The van der Waals surface area contributed by atoms with E-state index in [-0.39, 0.29) is 41.6 Å². The number of piperidine rings is 1. The van der Waals surface area contributed by atoms with E-state index in [9.17, 15) is 27.6 Å². The zero-order valence-corrected chi connectivity index (χ0v) is 31.4. The molecule has 1 N–H and O–H groups in total. The quantitative estimate of drug-likeness (QED) is 0.245. The van der Waals surface area contributed by atoms with E-state index in [1.807, 2.05) is 39.0 Å². The number of nitrogens with zero attached hydrogens (tertiary/aromatic N) is 5. The summed E-state index contributed by atoms with van der Waals surface area (Å²) >= 11 is 0. The molecule has 3 aliphatic rings. The Morgan fingerprint density at radius 1 is 0.889 bits per heavy atom. The molecule has 0 spiro atoms. The van der Waals surface area contributed by atoms with E-state index < -0.39 is 23.7 Å². The minimum Gasteiger partial charge on any atom is -0.478 e. The van der Waals surface area contributed by atoms with Crippen LogP contribution in [0.2, 0.25) is 0 Å². The van der Waals surface area contributed by atoms with Gasteiger partial charge in [-0.15, -0.1) is 13.2 Å². The van der Waals surface area contributed by atoms with Crippen LogP contribution in [0.4, 0.5) is 23.7 Å². The molecule has 2 aromatic carbocycles. The van der Waals surface area contributed by atoms with Gasteiger partial charge in [0.05, 0.1) is 12.1 Å². The predicted molar refractivity (Wildman–Crippen MR) is 195 cm³/mol. The molecule has 0 unspecified atom stereocenters. The van der Waals surface area contributed by atoms with Gasteiger partial charge in [-0.2, -0.15) is 5.10 Å². The molecule has 2 saturated heterocycles. The van der Waals surface area contributed by atoms with E-state index in [0.29, 0.717) is 62.6 Å². The summed E-state index contributed by atoms with van der Waals surface area (Å²) in [4.78, 5) is 47.4. The van der Waals surface area contributed by atoms with Gasteiger partial charge in [0.15, 0.2) is 5.60 Å². The van der Waals surface area contributed by atoms with Crippen LogP contribution in [-0.2, 0) is 20.9 Å². The van der Waals surface area contributed by atoms with Gasteiger partial charge in [0, 0.05) is 80.9 Å². The van der Waals surface area contributed by atoms with Crippen molar-refractivity contribution in [3.63, 3.8) is 0 Å². The lowest BCUT2D eigenvalue weighted by atomic mass is 9.95. The highest BCUT2D eigenvalue weighted by Crippen LogP contribution is 2.37. The second kappa shape index (κ2) is 15.4. The van der Waals surface area contributed by atoms with Crippen molar-refractivity contribution in [1.82, 2.24) is 24.9 Å². The number of rotatable bonds is 10. The molecule has 12 nitrogen and oxygen atoms in total. The molecule has 2 aliphatic heterocycles. The summed E-state index contributed by atoms with van der Waals surface area (Å²) in [5.41, 5.74) is 0.450. The van der Waals surface area contributed by atoms with Crippen LogP contribution in [0.3, 0.4) is 0 Å². The van der Waals surface area contributed by atoms with Crippen molar-refractivity contribution in [3.05, 3.63) is 60.4 Å². The van der Waals surface area contributed by atoms with Crippen LogP contribution < -0.4 is 14.4 Å². The van der Waals surface area contributed by atoms with Crippen molar-refractivity contribution in [2.45, 2.75) is 90.5 Å². The first kappa shape index (κ1) is 38.8. The van der Waals surface area contributed by atoms with Gasteiger partial charge < -0.3 is 33.8 Å². The number of hydrogen-bond donors (Lipinski definition) is 1. The fourth-order valence-corrected chi connectivity index (χ4v) is 6.98. The van der Waals surface area contributed by atoms with Crippen LogP contribution >= 0.6 is 0 Å². The lowest BCUT2D eigenvalue weighted by Gasteiger charge is -2.39. The molecule has 3 amide bonds. The highest BCUT2D eigenvalue weighted by Gasteiger charge is 2.40. The molecule has 15 heteroatoms. The van der Waals surface area contributed by atoms with E-state index in [0.717, 1.165) is 24.9 Å². The number of carbonyl (C=O) groups excluding carboxylic acids is 3. The van der Waals surface area contributed by atoms with Crippen LogP contribution in [0.1, 0.15) is 65.9 Å². The summed E-state index contributed by atoms with van der Waals surface area (Å²) < 4.78 is 56.8. The fourth-order valence-electron chi connectivity index (χ4n) is 6.98. The Hall–Kier alpha value is -4.95. The summed E-state index contributed by atoms with van der Waals surface area (Å²) in [5.74, 6) is -0.488. The van der Waals surface area contributed by atoms with E-state index >= 15 is 0 Å². The summed E-state index contributed by atoms with van der Waals surface area (Å²) in [6.07, 6.45) is 0.789. The molecule has 3 aromatic rings. The number of nitrogens with one attached hydrogen (secondary N) is 1. The molecule has 1 saturated carbocycles. The van der Waals surface area contributed by atoms with Crippen LogP contribution in [0.25, 0.3) is 11.1 Å². The zero-order chi connectivity index (χ0) is 38.8. The molecular formula is C39H49F3N6O6. The second-order valence-electron chi connectivity index (χ2n) is 15.7.